The molecule has 0 saturated heterocycles. The first-order chi connectivity index (χ1) is 12.9. The van der Waals surface area contributed by atoms with Crippen LogP contribution in [0.1, 0.15) is 32.1 Å². The molecule has 3 aromatic rings. The van der Waals surface area contributed by atoms with Gasteiger partial charge >= 0.3 is 11.7 Å². The van der Waals surface area contributed by atoms with Gasteiger partial charge in [0, 0.05) is 12.7 Å². The zero-order valence-electron chi connectivity index (χ0n) is 14.4. The number of carbonyl (C=O) groups is 2. The largest absolute Gasteiger partial charge is 0.506 e. The molecule has 1 aromatic carbocycles. The Morgan fingerprint density at radius 2 is 2.04 bits per heavy atom. The van der Waals surface area contributed by atoms with Crippen molar-refractivity contribution in [3.8, 4) is 0 Å². The minimum Gasteiger partial charge on any atom is -0.506 e. The summed E-state index contributed by atoms with van der Waals surface area (Å²) in [4.78, 5) is 42.1. The average molecular weight is 368 g/mol. The minimum atomic E-state index is -0.500. The molecule has 0 aliphatic rings. The summed E-state index contributed by atoms with van der Waals surface area (Å²) >= 11 is 0. The van der Waals surface area contributed by atoms with E-state index < -0.39 is 17.6 Å². The van der Waals surface area contributed by atoms with Crippen molar-refractivity contribution in [1.82, 2.24) is 19.7 Å². The molecular formula is C18H16N4O5. The molecule has 138 valence electrons. The van der Waals surface area contributed by atoms with Crippen LogP contribution in [-0.4, -0.2) is 38.5 Å². The van der Waals surface area contributed by atoms with E-state index in [1.165, 1.54) is 19.4 Å². The van der Waals surface area contributed by atoms with Crippen LogP contribution in [0.5, 0.6) is 0 Å². The third kappa shape index (κ3) is 3.56. The van der Waals surface area contributed by atoms with Crippen LogP contribution < -0.4 is 11.0 Å². The Morgan fingerprint density at radius 1 is 1.33 bits per heavy atom. The van der Waals surface area contributed by atoms with Gasteiger partial charge in [-0.2, -0.15) is 0 Å². The normalized spacial score (nSPS) is 10.6. The van der Waals surface area contributed by atoms with E-state index in [-0.39, 0.29) is 29.3 Å². The molecule has 9 nitrogen and oxygen atoms in total. The number of nitrogens with one attached hydrogen (secondary N) is 2. The summed E-state index contributed by atoms with van der Waals surface area (Å²) in [6.45, 7) is 3.60. The lowest BCUT2D eigenvalue weighted by molar-refractivity contribution is 0.0600. The van der Waals surface area contributed by atoms with Gasteiger partial charge in [-0.05, 0) is 23.8 Å². The molecule has 0 aliphatic heterocycles. The zero-order chi connectivity index (χ0) is 19.6. The number of H-pyrrole nitrogens is 1. The van der Waals surface area contributed by atoms with Crippen molar-refractivity contribution in [3.05, 3.63) is 76.1 Å². The molecule has 0 unspecified atom stereocenters. The number of aromatic nitrogens is 3. The van der Waals surface area contributed by atoms with Gasteiger partial charge in [0.05, 0.1) is 18.4 Å². The number of aliphatic hydroxyl groups is 1. The van der Waals surface area contributed by atoms with E-state index in [4.69, 9.17) is 0 Å². The molecular weight excluding hydrogens is 352 g/mol. The lowest BCUT2D eigenvalue weighted by atomic mass is 10.1. The van der Waals surface area contributed by atoms with Gasteiger partial charge < -0.3 is 20.1 Å². The molecule has 9 heteroatoms. The second kappa shape index (κ2) is 7.16. The van der Waals surface area contributed by atoms with Gasteiger partial charge in [-0.15, -0.1) is 0 Å². The molecule has 0 fully saturated rings. The molecule has 0 aliphatic carbocycles. The second-order valence-electron chi connectivity index (χ2n) is 5.63. The summed E-state index contributed by atoms with van der Waals surface area (Å²) in [5.74, 6) is -1.30. The Bertz CT molecular complexity index is 1100. The smallest absolute Gasteiger partial charge is 0.337 e. The van der Waals surface area contributed by atoms with E-state index in [9.17, 15) is 19.5 Å². The van der Waals surface area contributed by atoms with Crippen molar-refractivity contribution in [3.63, 3.8) is 0 Å². The summed E-state index contributed by atoms with van der Waals surface area (Å²) in [6.07, 6.45) is 1.33. The number of methoxy groups -OCH3 is 1. The number of ether oxygens (including phenoxy) is 1. The third-order valence-electron chi connectivity index (χ3n) is 3.86. The lowest BCUT2D eigenvalue weighted by Crippen LogP contribution is -2.25. The van der Waals surface area contributed by atoms with E-state index in [1.54, 1.807) is 24.3 Å². The molecule has 0 spiro atoms. The highest BCUT2D eigenvalue weighted by Crippen LogP contribution is 2.12. The summed E-state index contributed by atoms with van der Waals surface area (Å²) in [6, 6.07) is 7.85. The van der Waals surface area contributed by atoms with Crippen LogP contribution in [0.2, 0.25) is 0 Å². The number of amides is 1. The van der Waals surface area contributed by atoms with Gasteiger partial charge in [-0.1, -0.05) is 18.7 Å². The van der Waals surface area contributed by atoms with E-state index in [1.807, 2.05) is 0 Å². The van der Waals surface area contributed by atoms with Crippen LogP contribution in [0.3, 0.4) is 0 Å². The van der Waals surface area contributed by atoms with Crippen molar-refractivity contribution in [1.29, 1.82) is 0 Å². The van der Waals surface area contributed by atoms with Crippen molar-refractivity contribution < 1.29 is 19.4 Å². The number of benzene rings is 1. The molecule has 0 atom stereocenters. The van der Waals surface area contributed by atoms with Gasteiger partial charge in [-0.25, -0.2) is 19.0 Å². The number of carbonyl (C=O) groups excluding carboxylic acids is 2. The Hall–Kier alpha value is -3.88. The lowest BCUT2D eigenvalue weighted by Gasteiger charge is -2.08. The maximum absolute atomic E-state index is 12.4. The molecule has 27 heavy (non-hydrogen) atoms. The number of nitrogens with zero attached hydrogens (tertiary/aromatic N) is 2. The van der Waals surface area contributed by atoms with Crippen molar-refractivity contribution in [2.45, 2.75) is 6.54 Å². The maximum atomic E-state index is 12.4. The van der Waals surface area contributed by atoms with Crippen LogP contribution >= 0.6 is 0 Å². The number of aromatic amines is 1. The fraction of sp³-hybridized carbons (Fsp3) is 0.111. The monoisotopic (exact) mass is 368 g/mol. The standard InChI is InChI=1S/C18H16N4O5/c1-10(23)14-7-13(21-15-9-20-18(26)22(14)15)16(24)19-8-11-3-5-12(6-4-11)17(25)27-2/h3-7,9,23H,1,8H2,2H3,(H,19,24)(H,20,26). The average Bonchev–Trinajstić information content (AvgIpc) is 3.06. The van der Waals surface area contributed by atoms with Crippen LogP contribution in [0.15, 0.2) is 47.9 Å². The highest BCUT2D eigenvalue weighted by Gasteiger charge is 2.15. The molecule has 0 radical (unpaired) electrons. The van der Waals surface area contributed by atoms with Crippen molar-refractivity contribution >= 4 is 23.3 Å². The fourth-order valence-corrected chi connectivity index (χ4v) is 2.50. The first kappa shape index (κ1) is 17.9. The minimum absolute atomic E-state index is 0.0189. The maximum Gasteiger partial charge on any atom is 0.337 e. The summed E-state index contributed by atoms with van der Waals surface area (Å²) in [5, 5.41) is 12.4. The van der Waals surface area contributed by atoms with E-state index in [0.717, 1.165) is 9.96 Å². The van der Waals surface area contributed by atoms with Gasteiger partial charge in [0.1, 0.15) is 11.5 Å². The van der Waals surface area contributed by atoms with Crippen LogP contribution in [0, 0.1) is 0 Å². The number of fused-ring (bicyclic) bond motifs is 1. The van der Waals surface area contributed by atoms with Gasteiger partial charge in [-0.3, -0.25) is 4.79 Å². The van der Waals surface area contributed by atoms with E-state index >= 15 is 0 Å². The van der Waals surface area contributed by atoms with Crippen LogP contribution in [0.4, 0.5) is 0 Å². The third-order valence-corrected chi connectivity index (χ3v) is 3.86. The topological polar surface area (TPSA) is 126 Å². The molecule has 2 aromatic heterocycles. The predicted octanol–water partition coefficient (Wildman–Crippen LogP) is 1.27. The Labute approximate surface area is 152 Å². The Kier molecular flexibility index (Phi) is 4.75. The molecule has 3 N–H and O–H groups in total. The first-order valence-corrected chi connectivity index (χ1v) is 7.85. The quantitative estimate of drug-likeness (QED) is 0.460. The number of hydrogen-bond donors (Lipinski definition) is 3. The summed E-state index contributed by atoms with van der Waals surface area (Å²) < 4.78 is 5.74. The van der Waals surface area contributed by atoms with E-state index in [2.05, 4.69) is 26.6 Å². The first-order valence-electron chi connectivity index (χ1n) is 7.85. The SMILES string of the molecule is C=C(O)c1cc(C(=O)NCc2ccc(C(=O)OC)cc2)nc2c[nH]c(=O)n12. The number of esters is 1. The predicted molar refractivity (Wildman–Crippen MR) is 96.4 cm³/mol. The number of imidazole rings is 1. The zero-order valence-corrected chi connectivity index (χ0v) is 14.4. The Morgan fingerprint density at radius 3 is 2.67 bits per heavy atom. The molecule has 0 saturated carbocycles. The summed E-state index contributed by atoms with van der Waals surface area (Å²) in [7, 11) is 1.30. The van der Waals surface area contributed by atoms with Crippen molar-refractivity contribution in [2.24, 2.45) is 0 Å². The highest BCUT2D eigenvalue weighted by molar-refractivity contribution is 5.93. The van der Waals surface area contributed by atoms with E-state index in [0.29, 0.717) is 5.56 Å². The highest BCUT2D eigenvalue weighted by atomic mass is 16.5. The summed E-state index contributed by atoms with van der Waals surface area (Å²) in [5.41, 5.74) is 0.940. The second-order valence-corrected chi connectivity index (χ2v) is 5.63. The van der Waals surface area contributed by atoms with Crippen molar-refractivity contribution in [2.75, 3.05) is 7.11 Å². The number of rotatable bonds is 5. The van der Waals surface area contributed by atoms with Crippen LogP contribution in [0.25, 0.3) is 11.4 Å². The number of hydrogen-bond acceptors (Lipinski definition) is 6. The molecule has 2 heterocycles. The molecule has 1 amide bonds. The Balaban J connectivity index is 1.79. The van der Waals surface area contributed by atoms with Gasteiger partial charge in [0.25, 0.3) is 5.91 Å². The van der Waals surface area contributed by atoms with Gasteiger partial charge in [0.2, 0.25) is 0 Å². The molecule has 3 rings (SSSR count). The van der Waals surface area contributed by atoms with Gasteiger partial charge in [0.15, 0.2) is 5.65 Å². The van der Waals surface area contributed by atoms with Crippen LogP contribution in [-0.2, 0) is 11.3 Å². The fourth-order valence-electron chi connectivity index (χ4n) is 2.50. The number of aliphatic hydroxyl groups excluding tert-OH is 1. The molecule has 0 bridgehead atoms.